The molecule has 1 aromatic heterocycles. The number of pyridine rings is 1. The van der Waals surface area contributed by atoms with Gasteiger partial charge in [0.15, 0.2) is 0 Å². The number of aromatic nitrogens is 1. The molecule has 3 atom stereocenters. The Bertz CT molecular complexity index is 1110. The number of amides is 1. The maximum absolute atomic E-state index is 15.2. The van der Waals surface area contributed by atoms with Crippen molar-refractivity contribution >= 4 is 23.1 Å². The van der Waals surface area contributed by atoms with Crippen molar-refractivity contribution in [3.05, 3.63) is 59.8 Å². The highest BCUT2D eigenvalue weighted by Gasteiger charge is 2.28. The lowest BCUT2D eigenvalue weighted by atomic mass is 9.88. The number of carbonyl (C=O) groups is 1. The van der Waals surface area contributed by atoms with E-state index in [9.17, 15) is 4.79 Å². The number of terminal acetylenes is 1. The molecule has 1 amide bonds. The van der Waals surface area contributed by atoms with Crippen molar-refractivity contribution in [3.63, 3.8) is 0 Å². The van der Waals surface area contributed by atoms with Crippen molar-refractivity contribution in [2.75, 3.05) is 18.0 Å². The van der Waals surface area contributed by atoms with Gasteiger partial charge >= 0.3 is 0 Å². The van der Waals surface area contributed by atoms with E-state index in [1.54, 1.807) is 12.5 Å². The van der Waals surface area contributed by atoms with Gasteiger partial charge in [-0.15, -0.1) is 12.3 Å². The second-order valence-electron chi connectivity index (χ2n) is 9.64. The van der Waals surface area contributed by atoms with Gasteiger partial charge in [-0.2, -0.15) is 0 Å². The fourth-order valence-corrected chi connectivity index (χ4v) is 4.35. The lowest BCUT2D eigenvalue weighted by Gasteiger charge is -2.27. The van der Waals surface area contributed by atoms with Crippen LogP contribution in [0.15, 0.2) is 47.1 Å². The Morgan fingerprint density at radius 3 is 2.57 bits per heavy atom. The van der Waals surface area contributed by atoms with Crippen LogP contribution in [-0.4, -0.2) is 36.0 Å². The van der Waals surface area contributed by atoms with Crippen LogP contribution < -0.4 is 10.2 Å². The van der Waals surface area contributed by atoms with Crippen LogP contribution in [0.5, 0.6) is 0 Å². The molecule has 0 saturated heterocycles. The van der Waals surface area contributed by atoms with Crippen LogP contribution in [0.2, 0.25) is 0 Å². The molecule has 2 rings (SSSR count). The summed E-state index contributed by atoms with van der Waals surface area (Å²) < 4.78 is 15.2. The van der Waals surface area contributed by atoms with Gasteiger partial charge in [-0.25, -0.2) is 14.4 Å². The van der Waals surface area contributed by atoms with Crippen LogP contribution in [0.4, 0.5) is 10.2 Å². The molecular formula is C31H46FN4O. The van der Waals surface area contributed by atoms with E-state index in [0.29, 0.717) is 29.9 Å². The molecule has 5 nitrogen and oxygen atoms in total. The van der Waals surface area contributed by atoms with Crippen LogP contribution >= 0.6 is 0 Å². The quantitative estimate of drug-likeness (QED) is 0.167. The van der Waals surface area contributed by atoms with E-state index in [0.717, 1.165) is 48.5 Å². The van der Waals surface area contributed by atoms with Crippen molar-refractivity contribution in [1.29, 1.82) is 0 Å². The molecule has 1 radical (unpaired) electrons. The largest absolute Gasteiger partial charge is 0.355 e. The van der Waals surface area contributed by atoms with E-state index in [1.165, 1.54) is 6.20 Å². The Kier molecular flexibility index (Phi) is 11.8. The van der Waals surface area contributed by atoms with Crippen molar-refractivity contribution < 1.29 is 12.0 Å². The molecular weight excluding hydrogens is 463 g/mol. The summed E-state index contributed by atoms with van der Waals surface area (Å²) in [6, 6.07) is 4.19. The number of halogens is 1. The number of hydrogen-bond acceptors (Lipinski definition) is 4. The molecule has 1 heterocycles. The fourth-order valence-electron chi connectivity index (χ4n) is 4.35. The first-order valence-corrected chi connectivity index (χ1v) is 13.3. The normalized spacial score (nSPS) is 16.1. The van der Waals surface area contributed by atoms with Crippen LogP contribution in [0.25, 0.3) is 5.57 Å². The summed E-state index contributed by atoms with van der Waals surface area (Å²) >= 11 is 0. The summed E-state index contributed by atoms with van der Waals surface area (Å²) in [5.41, 5.74) is 3.87. The first-order valence-electron chi connectivity index (χ1n) is 13.3. The average molecular weight is 510 g/mol. The molecule has 1 aliphatic carbocycles. The van der Waals surface area contributed by atoms with E-state index in [4.69, 9.17) is 11.4 Å². The number of aliphatic imine (C=N–C) groups is 1. The van der Waals surface area contributed by atoms with Gasteiger partial charge in [0.1, 0.15) is 17.8 Å². The Morgan fingerprint density at radius 1 is 1.32 bits per heavy atom. The highest BCUT2D eigenvalue weighted by molar-refractivity contribution is 6.17. The number of anilines is 1. The zero-order valence-corrected chi connectivity index (χ0v) is 23.3. The molecule has 0 bridgehead atoms. The number of rotatable bonds is 14. The molecule has 0 saturated carbocycles. The van der Waals surface area contributed by atoms with Gasteiger partial charge in [0, 0.05) is 51.5 Å². The predicted molar refractivity (Wildman–Crippen MR) is 158 cm³/mol. The number of allylic oxidation sites excluding steroid dienone is 2. The second kappa shape index (κ2) is 14.5. The third-order valence-corrected chi connectivity index (χ3v) is 6.49. The maximum atomic E-state index is 15.2. The van der Waals surface area contributed by atoms with Gasteiger partial charge in [-0.05, 0) is 56.4 Å². The van der Waals surface area contributed by atoms with Crippen LogP contribution in [0, 0.1) is 30.6 Å². The highest BCUT2D eigenvalue weighted by atomic mass is 19.1. The number of hydrogen-bond donors (Lipinski definition) is 1. The Hall–Kier alpha value is -3.20. The topological polar surface area (TPSA) is 57.6 Å². The Balaban J connectivity index is 0.00000722. The molecule has 1 aromatic rings. The third-order valence-electron chi connectivity index (χ3n) is 6.49. The summed E-state index contributed by atoms with van der Waals surface area (Å²) in [7, 11) is 0. The van der Waals surface area contributed by atoms with Gasteiger partial charge in [0.05, 0.1) is 5.69 Å². The van der Waals surface area contributed by atoms with E-state index in [2.05, 4.69) is 53.7 Å². The smallest absolute Gasteiger partial charge is 0.253 e. The van der Waals surface area contributed by atoms with E-state index in [1.807, 2.05) is 27.7 Å². The Labute approximate surface area is 226 Å². The van der Waals surface area contributed by atoms with Crippen molar-refractivity contribution in [2.24, 2.45) is 16.8 Å². The van der Waals surface area contributed by atoms with E-state index in [-0.39, 0.29) is 14.7 Å². The molecule has 0 aromatic carbocycles. The van der Waals surface area contributed by atoms with Gasteiger partial charge in [0.25, 0.3) is 5.91 Å². The molecule has 1 N–H and O–H groups in total. The summed E-state index contributed by atoms with van der Waals surface area (Å²) in [6.45, 7) is 17.1. The Morgan fingerprint density at radius 2 is 2.03 bits per heavy atom. The van der Waals surface area contributed by atoms with Crippen LogP contribution in [0.3, 0.4) is 0 Å². The number of alkyl halides is 1. The molecule has 37 heavy (non-hydrogen) atoms. The minimum atomic E-state index is -1.12. The zero-order valence-electron chi connectivity index (χ0n) is 23.3. The number of nitrogens with zero attached hydrogens (tertiary/aromatic N) is 3. The van der Waals surface area contributed by atoms with Crippen molar-refractivity contribution in [3.8, 4) is 12.3 Å². The molecule has 0 aliphatic heterocycles. The standard InChI is InChI=1S/C31H42FN4O.2H2/c1-9-14-24-18-27(34-28(19-24)36(17-10-2)20-21(6)11-3)23(8)29(22(7)26(32)12-4)30(33-13-5)35-31(37)25-15-16-25;;/h3,13,15-16,18-19,21-22,26H,5,9-10,12,14,17,20H2,1-2,4,6-8H3,(H,33,35,37);2*1H/b29-23+;;/t21-,22+,26?;;/m1../s1. The minimum Gasteiger partial charge on any atom is -0.355 e. The minimum absolute atomic E-state index is 0. The van der Waals surface area contributed by atoms with Gasteiger partial charge < -0.3 is 10.2 Å². The summed E-state index contributed by atoms with van der Waals surface area (Å²) in [6.07, 6.45) is 12.6. The monoisotopic (exact) mass is 509 g/mol. The number of carbonyl (C=O) groups excluding carboxylic acids is 1. The maximum Gasteiger partial charge on any atom is 0.253 e. The van der Waals surface area contributed by atoms with Gasteiger partial charge in [0.2, 0.25) is 0 Å². The second-order valence-corrected chi connectivity index (χ2v) is 9.64. The summed E-state index contributed by atoms with van der Waals surface area (Å²) in [5.74, 6) is 3.27. The number of aryl methyl sites for hydroxylation is 1. The molecule has 1 aliphatic rings. The average Bonchev–Trinajstić information content (AvgIpc) is 3.73. The van der Waals surface area contributed by atoms with Crippen LogP contribution in [-0.2, 0) is 11.2 Å². The molecule has 0 spiro atoms. The molecule has 6 heteroatoms. The lowest BCUT2D eigenvalue weighted by molar-refractivity contribution is -0.115. The zero-order chi connectivity index (χ0) is 27.5. The third kappa shape index (κ3) is 8.42. The summed E-state index contributed by atoms with van der Waals surface area (Å²) in [5, 5.41) is 2.88. The highest BCUT2D eigenvalue weighted by Crippen LogP contribution is 2.31. The first kappa shape index (κ1) is 30.0. The summed E-state index contributed by atoms with van der Waals surface area (Å²) in [4.78, 5) is 24.3. The van der Waals surface area contributed by atoms with Crippen molar-refractivity contribution in [2.45, 2.75) is 73.4 Å². The van der Waals surface area contributed by atoms with E-state index >= 15 is 4.39 Å². The van der Waals surface area contributed by atoms with Crippen molar-refractivity contribution in [1.82, 2.24) is 10.3 Å². The molecule has 0 fully saturated rings. The van der Waals surface area contributed by atoms with Crippen LogP contribution in [0.1, 0.15) is 74.9 Å². The molecule has 1 unspecified atom stereocenters. The predicted octanol–water partition coefficient (Wildman–Crippen LogP) is 6.97. The number of nitrogens with one attached hydrogen (secondary N) is 1. The van der Waals surface area contributed by atoms with Gasteiger partial charge in [-0.1, -0.05) is 46.8 Å². The lowest BCUT2D eigenvalue weighted by Crippen LogP contribution is -2.35. The number of amidine groups is 1. The first-order chi connectivity index (χ1) is 17.7. The van der Waals surface area contributed by atoms with Gasteiger partial charge in [-0.3, -0.25) is 4.79 Å². The fraction of sp³-hybridized carbons (Fsp3) is 0.484. The SMILES string of the molecule is C#C[C@@H](C)CN(CCC)c1cc(CCC)cc(/C(C)=C(/C(=NC=C)NC(=O)C2=C[CH]2)[C@@H](C)C(F)CC)n1.[HH].[HH]. The molecule has 203 valence electrons. The van der Waals surface area contributed by atoms with E-state index < -0.39 is 12.1 Å².